The Morgan fingerprint density at radius 2 is 1.65 bits per heavy atom. The monoisotopic (exact) mass is 293 g/mol. The first-order chi connectivity index (χ1) is 9.44. The molecule has 1 N–H and O–H groups in total. The van der Waals surface area contributed by atoms with Gasteiger partial charge in [-0.25, -0.2) is 12.8 Å². The highest BCUT2D eigenvalue weighted by atomic mass is 32.2. The minimum Gasteiger partial charge on any atom is -0.281 e. The molecule has 0 spiro atoms. The molecule has 2 rings (SSSR count). The van der Waals surface area contributed by atoms with E-state index in [4.69, 9.17) is 0 Å². The lowest BCUT2D eigenvalue weighted by Gasteiger charge is -2.07. The molecule has 2 aromatic rings. The molecule has 20 heavy (non-hydrogen) atoms. The van der Waals surface area contributed by atoms with E-state index < -0.39 is 15.8 Å². The largest absolute Gasteiger partial charge is 0.281 e. The van der Waals surface area contributed by atoms with Crippen molar-refractivity contribution in [3.05, 3.63) is 65.5 Å². The third-order valence-electron chi connectivity index (χ3n) is 2.87. The van der Waals surface area contributed by atoms with Gasteiger partial charge < -0.3 is 0 Å². The summed E-state index contributed by atoms with van der Waals surface area (Å²) in [5.41, 5.74) is 2.01. The van der Waals surface area contributed by atoms with Gasteiger partial charge in [0, 0.05) is 0 Å². The van der Waals surface area contributed by atoms with Gasteiger partial charge in [0.05, 0.1) is 11.9 Å². The van der Waals surface area contributed by atoms with Crippen LogP contribution in [0.15, 0.2) is 48.5 Å². The third kappa shape index (κ3) is 4.35. The summed E-state index contributed by atoms with van der Waals surface area (Å²) in [5.74, 6) is -0.555. The second kappa shape index (κ2) is 6.05. The Morgan fingerprint density at radius 1 is 1.00 bits per heavy atom. The first kappa shape index (κ1) is 14.5. The number of halogens is 1. The molecule has 5 heteroatoms. The lowest BCUT2D eigenvalue weighted by atomic mass is 10.0. The Hall–Kier alpha value is -1.88. The zero-order valence-corrected chi connectivity index (χ0v) is 12.0. The molecule has 0 atom stereocenters. The van der Waals surface area contributed by atoms with Crippen LogP contribution in [0.4, 0.5) is 10.1 Å². The highest BCUT2D eigenvalue weighted by Gasteiger charge is 2.08. The van der Waals surface area contributed by atoms with Crippen molar-refractivity contribution in [1.29, 1.82) is 0 Å². The van der Waals surface area contributed by atoms with E-state index in [9.17, 15) is 12.8 Å². The Morgan fingerprint density at radius 3 is 2.25 bits per heavy atom. The van der Waals surface area contributed by atoms with Crippen molar-refractivity contribution >= 4 is 15.7 Å². The maximum atomic E-state index is 13.8. The summed E-state index contributed by atoms with van der Waals surface area (Å²) >= 11 is 0. The Labute approximate surface area is 118 Å². The fraction of sp³-hybridized carbons (Fsp3) is 0.200. The van der Waals surface area contributed by atoms with Crippen molar-refractivity contribution in [2.24, 2.45) is 0 Å². The number of benzene rings is 2. The van der Waals surface area contributed by atoms with Crippen LogP contribution in [-0.2, 0) is 22.9 Å². The van der Waals surface area contributed by atoms with Gasteiger partial charge in [-0.1, -0.05) is 36.4 Å². The highest BCUT2D eigenvalue weighted by molar-refractivity contribution is 7.92. The minimum atomic E-state index is -3.46. The first-order valence-electron chi connectivity index (χ1n) is 6.24. The van der Waals surface area contributed by atoms with E-state index in [1.165, 1.54) is 17.7 Å². The van der Waals surface area contributed by atoms with Crippen LogP contribution in [-0.4, -0.2) is 14.7 Å². The predicted octanol–water partition coefficient (Wildman–Crippen LogP) is 2.98. The zero-order chi connectivity index (χ0) is 14.6. The molecule has 0 saturated heterocycles. The highest BCUT2D eigenvalue weighted by Crippen LogP contribution is 2.18. The number of sulfonamides is 1. The molecule has 0 amide bonds. The van der Waals surface area contributed by atoms with Gasteiger partial charge in [0.2, 0.25) is 10.0 Å². The summed E-state index contributed by atoms with van der Waals surface area (Å²) in [6.45, 7) is 0. The fourth-order valence-electron chi connectivity index (χ4n) is 1.93. The molecule has 3 nitrogen and oxygen atoms in total. The second-order valence-electron chi connectivity index (χ2n) is 4.67. The third-order valence-corrected chi connectivity index (χ3v) is 3.46. The number of aryl methyl sites for hydroxylation is 2. The maximum Gasteiger partial charge on any atom is 0.229 e. The molecule has 0 aliphatic carbocycles. The Bertz CT molecular complexity index is 684. The van der Waals surface area contributed by atoms with E-state index in [0.717, 1.165) is 18.2 Å². The Kier molecular flexibility index (Phi) is 4.39. The van der Waals surface area contributed by atoms with Gasteiger partial charge in [-0.15, -0.1) is 0 Å². The normalized spacial score (nSPS) is 11.3. The van der Waals surface area contributed by atoms with E-state index in [2.05, 4.69) is 4.72 Å². The summed E-state index contributed by atoms with van der Waals surface area (Å²) in [6, 6.07) is 14.5. The summed E-state index contributed by atoms with van der Waals surface area (Å²) in [6.07, 6.45) is 2.52. The molecule has 0 aliphatic rings. The molecule has 0 radical (unpaired) electrons. The van der Waals surface area contributed by atoms with E-state index >= 15 is 0 Å². The molecule has 0 unspecified atom stereocenters. The number of anilines is 1. The van der Waals surface area contributed by atoms with Crippen LogP contribution in [0.1, 0.15) is 11.1 Å². The zero-order valence-electron chi connectivity index (χ0n) is 11.1. The molecule has 0 heterocycles. The summed E-state index contributed by atoms with van der Waals surface area (Å²) in [5, 5.41) is 0. The molecule has 0 aromatic heterocycles. The van der Waals surface area contributed by atoms with Gasteiger partial charge in [0.15, 0.2) is 0 Å². The van der Waals surface area contributed by atoms with E-state index in [1.807, 2.05) is 30.3 Å². The number of nitrogens with one attached hydrogen (secondary N) is 1. The van der Waals surface area contributed by atoms with Gasteiger partial charge >= 0.3 is 0 Å². The van der Waals surface area contributed by atoms with Crippen LogP contribution in [0.25, 0.3) is 0 Å². The van der Waals surface area contributed by atoms with Crippen molar-refractivity contribution in [3.8, 4) is 0 Å². The van der Waals surface area contributed by atoms with Crippen molar-refractivity contribution in [2.75, 3.05) is 11.0 Å². The maximum absolute atomic E-state index is 13.8. The summed E-state index contributed by atoms with van der Waals surface area (Å²) in [4.78, 5) is 0. The number of hydrogen-bond donors (Lipinski definition) is 1. The smallest absolute Gasteiger partial charge is 0.229 e. The molecular weight excluding hydrogens is 277 g/mol. The van der Waals surface area contributed by atoms with Gasteiger partial charge in [0.25, 0.3) is 0 Å². The number of rotatable bonds is 5. The molecule has 2 aromatic carbocycles. The number of hydrogen-bond acceptors (Lipinski definition) is 2. The van der Waals surface area contributed by atoms with Crippen LogP contribution in [0, 0.1) is 5.82 Å². The van der Waals surface area contributed by atoms with Gasteiger partial charge in [-0.05, 0) is 36.1 Å². The van der Waals surface area contributed by atoms with Crippen LogP contribution in [0.2, 0.25) is 0 Å². The summed E-state index contributed by atoms with van der Waals surface area (Å²) in [7, 11) is -3.46. The van der Waals surface area contributed by atoms with Crippen LogP contribution in [0.5, 0.6) is 0 Å². The van der Waals surface area contributed by atoms with Crippen molar-refractivity contribution in [3.63, 3.8) is 0 Å². The van der Waals surface area contributed by atoms with Crippen LogP contribution < -0.4 is 4.72 Å². The van der Waals surface area contributed by atoms with Crippen molar-refractivity contribution in [1.82, 2.24) is 0 Å². The lowest BCUT2D eigenvalue weighted by Crippen LogP contribution is -2.11. The molecule has 0 aliphatic heterocycles. The average molecular weight is 293 g/mol. The van der Waals surface area contributed by atoms with E-state index in [0.29, 0.717) is 6.42 Å². The fourth-order valence-corrected chi connectivity index (χ4v) is 2.49. The minimum absolute atomic E-state index is 0.0176. The van der Waals surface area contributed by atoms with Crippen molar-refractivity contribution < 1.29 is 12.8 Å². The van der Waals surface area contributed by atoms with E-state index in [1.54, 1.807) is 6.07 Å². The van der Waals surface area contributed by atoms with Crippen molar-refractivity contribution in [2.45, 2.75) is 12.8 Å². The quantitative estimate of drug-likeness (QED) is 0.921. The second-order valence-corrected chi connectivity index (χ2v) is 6.42. The standard InChI is InChI=1S/C15H16FNO2S/c1-20(18,19)17-15-10-9-13(11-14(15)16)8-7-12-5-3-2-4-6-12/h2-6,9-11,17H,7-8H2,1H3. The lowest BCUT2D eigenvalue weighted by molar-refractivity contribution is 0.603. The molecular formula is C15H16FNO2S. The Balaban J connectivity index is 2.06. The van der Waals surface area contributed by atoms with Gasteiger partial charge in [0.1, 0.15) is 5.82 Å². The molecule has 106 valence electrons. The first-order valence-corrected chi connectivity index (χ1v) is 8.13. The average Bonchev–Trinajstić information content (AvgIpc) is 2.39. The van der Waals surface area contributed by atoms with Crippen LogP contribution in [0.3, 0.4) is 0 Å². The van der Waals surface area contributed by atoms with Gasteiger partial charge in [-0.2, -0.15) is 0 Å². The predicted molar refractivity (Wildman–Crippen MR) is 78.7 cm³/mol. The van der Waals surface area contributed by atoms with Crippen LogP contribution >= 0.6 is 0 Å². The molecule has 0 saturated carbocycles. The molecule has 0 fully saturated rings. The molecule has 0 bridgehead atoms. The summed E-state index contributed by atoms with van der Waals surface area (Å²) < 4.78 is 38.1. The van der Waals surface area contributed by atoms with E-state index in [-0.39, 0.29) is 5.69 Å². The topological polar surface area (TPSA) is 46.2 Å². The SMILES string of the molecule is CS(=O)(=O)Nc1ccc(CCc2ccccc2)cc1F. The van der Waals surface area contributed by atoms with Gasteiger partial charge in [-0.3, -0.25) is 4.72 Å².